The van der Waals surface area contributed by atoms with Crippen LogP contribution in [0.4, 0.5) is 0 Å². The second-order valence-electron chi connectivity index (χ2n) is 5.67. The van der Waals surface area contributed by atoms with E-state index in [-0.39, 0.29) is 0 Å². The van der Waals surface area contributed by atoms with Crippen molar-refractivity contribution < 1.29 is 4.74 Å². The maximum atomic E-state index is 5.60. The van der Waals surface area contributed by atoms with Gasteiger partial charge >= 0.3 is 0 Å². The van der Waals surface area contributed by atoms with E-state index in [2.05, 4.69) is 56.4 Å². The smallest absolute Gasteiger partial charge is 0.0591 e. The van der Waals surface area contributed by atoms with Crippen molar-refractivity contribution in [2.24, 2.45) is 5.92 Å². The molecule has 0 aliphatic heterocycles. The van der Waals surface area contributed by atoms with E-state index < -0.39 is 0 Å². The molecule has 1 aromatic carbocycles. The number of hydrogen-bond acceptors (Lipinski definition) is 2. The molecule has 0 spiro atoms. The van der Waals surface area contributed by atoms with Crippen LogP contribution in [0.2, 0.25) is 0 Å². The van der Waals surface area contributed by atoms with Gasteiger partial charge in [0.1, 0.15) is 0 Å². The lowest BCUT2D eigenvalue weighted by atomic mass is 10.1. The maximum absolute atomic E-state index is 5.60. The van der Waals surface area contributed by atoms with Crippen LogP contribution in [-0.4, -0.2) is 25.8 Å². The molecular formula is C17H29NO. The number of benzene rings is 1. The summed E-state index contributed by atoms with van der Waals surface area (Å²) in [5.74, 6) is 0.734. The van der Waals surface area contributed by atoms with E-state index in [1.165, 1.54) is 12.0 Å². The SMILES string of the molecule is CC(C)CCOCCNC(C)CCc1ccccc1. The molecule has 1 aromatic rings. The van der Waals surface area contributed by atoms with E-state index in [1.54, 1.807) is 0 Å². The molecule has 0 saturated carbocycles. The summed E-state index contributed by atoms with van der Waals surface area (Å²) in [7, 11) is 0. The van der Waals surface area contributed by atoms with Crippen LogP contribution in [0.25, 0.3) is 0 Å². The molecule has 1 rings (SSSR count). The highest BCUT2D eigenvalue weighted by Crippen LogP contribution is 2.04. The van der Waals surface area contributed by atoms with Gasteiger partial charge in [-0.2, -0.15) is 0 Å². The Morgan fingerprint density at radius 1 is 1.00 bits per heavy atom. The Balaban J connectivity index is 1.98. The van der Waals surface area contributed by atoms with Gasteiger partial charge in [0.2, 0.25) is 0 Å². The van der Waals surface area contributed by atoms with Crippen molar-refractivity contribution in [1.29, 1.82) is 0 Å². The van der Waals surface area contributed by atoms with Gasteiger partial charge in [0.25, 0.3) is 0 Å². The molecule has 19 heavy (non-hydrogen) atoms. The molecular weight excluding hydrogens is 234 g/mol. The van der Waals surface area contributed by atoms with Crippen LogP contribution < -0.4 is 5.32 Å². The molecule has 0 radical (unpaired) electrons. The predicted molar refractivity (Wildman–Crippen MR) is 82.5 cm³/mol. The first-order valence-corrected chi connectivity index (χ1v) is 7.53. The van der Waals surface area contributed by atoms with Gasteiger partial charge < -0.3 is 10.1 Å². The zero-order valence-electron chi connectivity index (χ0n) is 12.7. The molecule has 2 nitrogen and oxygen atoms in total. The van der Waals surface area contributed by atoms with E-state index >= 15 is 0 Å². The molecule has 1 N–H and O–H groups in total. The minimum absolute atomic E-state index is 0.550. The average Bonchev–Trinajstić information content (AvgIpc) is 2.41. The van der Waals surface area contributed by atoms with Crippen LogP contribution in [0.5, 0.6) is 0 Å². The lowest BCUT2D eigenvalue weighted by Crippen LogP contribution is -2.30. The van der Waals surface area contributed by atoms with Crippen molar-refractivity contribution in [3.8, 4) is 0 Å². The second kappa shape index (κ2) is 9.99. The molecule has 0 aliphatic rings. The van der Waals surface area contributed by atoms with Crippen molar-refractivity contribution in [3.05, 3.63) is 35.9 Å². The molecule has 0 heterocycles. The lowest BCUT2D eigenvalue weighted by Gasteiger charge is -2.14. The van der Waals surface area contributed by atoms with Crippen LogP contribution in [-0.2, 0) is 11.2 Å². The molecule has 1 atom stereocenters. The topological polar surface area (TPSA) is 21.3 Å². The first-order chi connectivity index (χ1) is 9.18. The molecule has 0 fully saturated rings. The Bertz CT molecular complexity index is 310. The van der Waals surface area contributed by atoms with Gasteiger partial charge in [-0.15, -0.1) is 0 Å². The second-order valence-corrected chi connectivity index (χ2v) is 5.67. The standard InChI is InChI=1S/C17H29NO/c1-15(2)11-13-19-14-12-18-16(3)9-10-17-7-5-4-6-8-17/h4-8,15-16,18H,9-14H2,1-3H3. The Kier molecular flexibility index (Phi) is 8.52. The maximum Gasteiger partial charge on any atom is 0.0591 e. The van der Waals surface area contributed by atoms with E-state index in [0.717, 1.165) is 38.5 Å². The fourth-order valence-corrected chi connectivity index (χ4v) is 1.93. The van der Waals surface area contributed by atoms with E-state index in [9.17, 15) is 0 Å². The minimum Gasteiger partial charge on any atom is -0.380 e. The predicted octanol–water partition coefficient (Wildman–Crippen LogP) is 3.66. The number of ether oxygens (including phenoxy) is 1. The summed E-state index contributed by atoms with van der Waals surface area (Å²) in [5, 5.41) is 3.52. The van der Waals surface area contributed by atoms with Crippen LogP contribution >= 0.6 is 0 Å². The minimum atomic E-state index is 0.550. The first-order valence-electron chi connectivity index (χ1n) is 7.53. The number of hydrogen-bond donors (Lipinski definition) is 1. The summed E-state index contributed by atoms with van der Waals surface area (Å²) in [5.41, 5.74) is 1.42. The first kappa shape index (κ1) is 16.2. The fourth-order valence-electron chi connectivity index (χ4n) is 1.93. The Hall–Kier alpha value is -0.860. The highest BCUT2D eigenvalue weighted by molar-refractivity contribution is 5.14. The van der Waals surface area contributed by atoms with E-state index in [0.29, 0.717) is 6.04 Å². The number of rotatable bonds is 10. The summed E-state index contributed by atoms with van der Waals surface area (Å²) in [4.78, 5) is 0. The van der Waals surface area contributed by atoms with Crippen molar-refractivity contribution in [2.75, 3.05) is 19.8 Å². The van der Waals surface area contributed by atoms with Gasteiger partial charge in [-0.25, -0.2) is 0 Å². The van der Waals surface area contributed by atoms with E-state index in [4.69, 9.17) is 4.74 Å². The summed E-state index contributed by atoms with van der Waals surface area (Å²) in [6, 6.07) is 11.2. The van der Waals surface area contributed by atoms with Crippen molar-refractivity contribution in [1.82, 2.24) is 5.32 Å². The molecule has 0 aliphatic carbocycles. The van der Waals surface area contributed by atoms with Crippen LogP contribution in [0.3, 0.4) is 0 Å². The summed E-state index contributed by atoms with van der Waals surface area (Å²) < 4.78 is 5.60. The van der Waals surface area contributed by atoms with Crippen LogP contribution in [0.15, 0.2) is 30.3 Å². The number of aryl methyl sites for hydroxylation is 1. The van der Waals surface area contributed by atoms with Gasteiger partial charge in [0, 0.05) is 19.2 Å². The monoisotopic (exact) mass is 263 g/mol. The molecule has 0 bridgehead atoms. The molecule has 108 valence electrons. The number of nitrogens with one attached hydrogen (secondary N) is 1. The van der Waals surface area contributed by atoms with Crippen molar-refractivity contribution >= 4 is 0 Å². The molecule has 2 heteroatoms. The average molecular weight is 263 g/mol. The van der Waals surface area contributed by atoms with Crippen molar-refractivity contribution in [2.45, 2.75) is 46.1 Å². The van der Waals surface area contributed by atoms with Gasteiger partial charge in [-0.1, -0.05) is 44.2 Å². The molecule has 0 saturated heterocycles. The highest BCUT2D eigenvalue weighted by Gasteiger charge is 2.01. The summed E-state index contributed by atoms with van der Waals surface area (Å²) in [6.07, 6.45) is 3.47. The Labute approximate surface area is 118 Å². The third-order valence-electron chi connectivity index (χ3n) is 3.29. The summed E-state index contributed by atoms with van der Waals surface area (Å²) in [6.45, 7) is 9.37. The lowest BCUT2D eigenvalue weighted by molar-refractivity contribution is 0.123. The molecule has 1 unspecified atom stereocenters. The fraction of sp³-hybridized carbons (Fsp3) is 0.647. The third kappa shape index (κ3) is 8.79. The molecule has 0 amide bonds. The van der Waals surface area contributed by atoms with Gasteiger partial charge in [-0.3, -0.25) is 0 Å². The van der Waals surface area contributed by atoms with Gasteiger partial charge in [0.05, 0.1) is 6.61 Å². The summed E-state index contributed by atoms with van der Waals surface area (Å²) >= 11 is 0. The third-order valence-corrected chi connectivity index (χ3v) is 3.29. The molecule has 0 aromatic heterocycles. The van der Waals surface area contributed by atoms with Crippen LogP contribution in [0.1, 0.15) is 39.2 Å². The van der Waals surface area contributed by atoms with Gasteiger partial charge in [0.15, 0.2) is 0 Å². The van der Waals surface area contributed by atoms with Gasteiger partial charge in [-0.05, 0) is 37.7 Å². The quantitative estimate of drug-likeness (QED) is 0.650. The highest BCUT2D eigenvalue weighted by atomic mass is 16.5. The Morgan fingerprint density at radius 3 is 2.42 bits per heavy atom. The Morgan fingerprint density at radius 2 is 1.74 bits per heavy atom. The largest absolute Gasteiger partial charge is 0.380 e. The van der Waals surface area contributed by atoms with E-state index in [1.807, 2.05) is 0 Å². The van der Waals surface area contributed by atoms with Crippen LogP contribution in [0, 0.1) is 5.92 Å². The zero-order chi connectivity index (χ0) is 13.9. The zero-order valence-corrected chi connectivity index (χ0v) is 12.7. The normalized spacial score (nSPS) is 12.8. The van der Waals surface area contributed by atoms with Crippen molar-refractivity contribution in [3.63, 3.8) is 0 Å².